The predicted octanol–water partition coefficient (Wildman–Crippen LogP) is 2.91. The highest BCUT2D eigenvalue weighted by Gasteiger charge is 2.23. The van der Waals surface area contributed by atoms with Gasteiger partial charge in [0, 0.05) is 31.3 Å². The minimum absolute atomic E-state index is 0.151. The summed E-state index contributed by atoms with van der Waals surface area (Å²) in [5, 5.41) is 5.50. The highest BCUT2D eigenvalue weighted by Crippen LogP contribution is 2.20. The number of pyridine rings is 1. The van der Waals surface area contributed by atoms with Crippen LogP contribution in [0.3, 0.4) is 0 Å². The fraction of sp³-hybridized carbons (Fsp3) is 0.350. The summed E-state index contributed by atoms with van der Waals surface area (Å²) in [5.74, 6) is 0.490. The van der Waals surface area contributed by atoms with Gasteiger partial charge in [0.25, 0.3) is 5.91 Å². The molecule has 1 aromatic carbocycles. The number of amides is 2. The van der Waals surface area contributed by atoms with E-state index in [1.807, 2.05) is 12.1 Å². The fourth-order valence-corrected chi connectivity index (χ4v) is 3.12. The maximum atomic E-state index is 12.4. The van der Waals surface area contributed by atoms with Crippen LogP contribution >= 0.6 is 0 Å². The minimum Gasteiger partial charge on any atom is -0.372 e. The number of hydrogen-bond donors (Lipinski definition) is 2. The predicted molar refractivity (Wildman–Crippen MR) is 105 cm³/mol. The third-order valence-corrected chi connectivity index (χ3v) is 4.22. The number of nitrogens with one attached hydrogen (secondary N) is 2. The lowest BCUT2D eigenvalue weighted by Gasteiger charge is -2.36. The standard InChI is InChI=1S/C20H24N4O3/c1-13-11-24(12-14(2)27-13)19-9-8-18(10-21-19)23-20(26)16-4-6-17(7-5-16)22-15(3)25/h4-10,13-14H,11-12H2,1-3H3,(H,22,25)(H,23,26). The molecule has 0 saturated carbocycles. The van der Waals surface area contributed by atoms with E-state index in [4.69, 9.17) is 4.74 Å². The Morgan fingerprint density at radius 2 is 1.63 bits per heavy atom. The van der Waals surface area contributed by atoms with Gasteiger partial charge < -0.3 is 20.3 Å². The minimum atomic E-state index is -0.229. The molecule has 0 aliphatic carbocycles. The lowest BCUT2D eigenvalue weighted by atomic mass is 10.2. The van der Waals surface area contributed by atoms with E-state index in [9.17, 15) is 9.59 Å². The van der Waals surface area contributed by atoms with Gasteiger partial charge in [0.15, 0.2) is 0 Å². The van der Waals surface area contributed by atoms with Crippen molar-refractivity contribution in [2.45, 2.75) is 33.0 Å². The van der Waals surface area contributed by atoms with Crippen molar-refractivity contribution in [2.75, 3.05) is 28.6 Å². The number of benzene rings is 1. The van der Waals surface area contributed by atoms with Gasteiger partial charge in [-0.15, -0.1) is 0 Å². The molecule has 2 aromatic rings. The summed E-state index contributed by atoms with van der Waals surface area (Å²) in [7, 11) is 0. The summed E-state index contributed by atoms with van der Waals surface area (Å²) < 4.78 is 5.74. The van der Waals surface area contributed by atoms with Crippen LogP contribution in [0.4, 0.5) is 17.2 Å². The van der Waals surface area contributed by atoms with Crippen molar-refractivity contribution >= 4 is 29.0 Å². The Balaban J connectivity index is 1.62. The van der Waals surface area contributed by atoms with E-state index in [-0.39, 0.29) is 24.0 Å². The van der Waals surface area contributed by atoms with E-state index in [1.54, 1.807) is 30.5 Å². The lowest BCUT2D eigenvalue weighted by Crippen LogP contribution is -2.45. The molecule has 27 heavy (non-hydrogen) atoms. The Morgan fingerprint density at radius 1 is 1.00 bits per heavy atom. The summed E-state index contributed by atoms with van der Waals surface area (Å²) in [6, 6.07) is 10.5. The highest BCUT2D eigenvalue weighted by molar-refractivity contribution is 6.04. The largest absolute Gasteiger partial charge is 0.372 e. The Kier molecular flexibility index (Phi) is 5.71. The first kappa shape index (κ1) is 18.8. The lowest BCUT2D eigenvalue weighted by molar-refractivity contribution is -0.114. The van der Waals surface area contributed by atoms with Gasteiger partial charge in [-0.2, -0.15) is 0 Å². The van der Waals surface area contributed by atoms with Gasteiger partial charge in [-0.05, 0) is 50.2 Å². The normalized spacial score (nSPS) is 19.4. The molecule has 1 aliphatic rings. The van der Waals surface area contributed by atoms with Crippen molar-refractivity contribution in [3.05, 3.63) is 48.2 Å². The van der Waals surface area contributed by atoms with Crippen LogP contribution in [0.5, 0.6) is 0 Å². The summed E-state index contributed by atoms with van der Waals surface area (Å²) in [6.07, 6.45) is 1.98. The third kappa shape index (κ3) is 5.04. The first-order valence-corrected chi connectivity index (χ1v) is 8.96. The number of hydrogen-bond acceptors (Lipinski definition) is 5. The first-order valence-electron chi connectivity index (χ1n) is 8.96. The van der Waals surface area contributed by atoms with E-state index in [0.717, 1.165) is 18.9 Å². The number of carbonyl (C=O) groups is 2. The molecular formula is C20H24N4O3. The molecule has 3 rings (SSSR count). The number of nitrogens with zero attached hydrogens (tertiary/aromatic N) is 2. The molecule has 7 nitrogen and oxygen atoms in total. The van der Waals surface area contributed by atoms with Gasteiger partial charge in [0.05, 0.1) is 24.1 Å². The smallest absolute Gasteiger partial charge is 0.255 e. The molecule has 2 amide bonds. The molecular weight excluding hydrogens is 344 g/mol. The maximum absolute atomic E-state index is 12.4. The van der Waals surface area contributed by atoms with Crippen molar-refractivity contribution in [1.82, 2.24) is 4.98 Å². The van der Waals surface area contributed by atoms with Crippen molar-refractivity contribution in [1.29, 1.82) is 0 Å². The molecule has 2 N–H and O–H groups in total. The van der Waals surface area contributed by atoms with Crippen molar-refractivity contribution in [3.63, 3.8) is 0 Å². The molecule has 2 unspecified atom stereocenters. The van der Waals surface area contributed by atoms with Gasteiger partial charge in [-0.3, -0.25) is 9.59 Å². The molecule has 7 heteroatoms. The Morgan fingerprint density at radius 3 is 2.19 bits per heavy atom. The van der Waals surface area contributed by atoms with Gasteiger partial charge in [-0.1, -0.05) is 0 Å². The molecule has 0 spiro atoms. The van der Waals surface area contributed by atoms with E-state index in [0.29, 0.717) is 16.9 Å². The number of aromatic nitrogens is 1. The van der Waals surface area contributed by atoms with Crippen LogP contribution in [0.15, 0.2) is 42.6 Å². The highest BCUT2D eigenvalue weighted by atomic mass is 16.5. The maximum Gasteiger partial charge on any atom is 0.255 e. The van der Waals surface area contributed by atoms with E-state index >= 15 is 0 Å². The van der Waals surface area contributed by atoms with Gasteiger partial charge in [0.2, 0.25) is 5.91 Å². The number of carbonyl (C=O) groups excluding carboxylic acids is 2. The van der Waals surface area contributed by atoms with Crippen molar-refractivity contribution in [2.24, 2.45) is 0 Å². The quantitative estimate of drug-likeness (QED) is 0.867. The van der Waals surface area contributed by atoms with Crippen LogP contribution in [-0.2, 0) is 9.53 Å². The van der Waals surface area contributed by atoms with Crippen LogP contribution in [0.1, 0.15) is 31.1 Å². The monoisotopic (exact) mass is 368 g/mol. The molecule has 0 bridgehead atoms. The zero-order valence-corrected chi connectivity index (χ0v) is 15.7. The molecule has 1 aromatic heterocycles. The van der Waals surface area contributed by atoms with Crippen LogP contribution in [0.2, 0.25) is 0 Å². The molecule has 0 radical (unpaired) electrons. The molecule has 1 aliphatic heterocycles. The fourth-order valence-electron chi connectivity index (χ4n) is 3.12. The molecule has 1 fully saturated rings. The Labute approximate surface area is 158 Å². The van der Waals surface area contributed by atoms with E-state index < -0.39 is 0 Å². The SMILES string of the molecule is CC(=O)Nc1ccc(C(=O)Nc2ccc(N3CC(C)OC(C)C3)nc2)cc1. The van der Waals surface area contributed by atoms with Crippen LogP contribution in [0, 0.1) is 0 Å². The summed E-state index contributed by atoms with van der Waals surface area (Å²) in [5.41, 5.74) is 1.78. The summed E-state index contributed by atoms with van der Waals surface area (Å²) >= 11 is 0. The molecule has 2 atom stereocenters. The second-order valence-electron chi connectivity index (χ2n) is 6.78. The Bertz CT molecular complexity index is 795. The summed E-state index contributed by atoms with van der Waals surface area (Å²) in [4.78, 5) is 30.1. The average molecular weight is 368 g/mol. The summed E-state index contributed by atoms with van der Waals surface area (Å²) in [6.45, 7) is 7.13. The zero-order chi connectivity index (χ0) is 19.4. The number of morpholine rings is 1. The second-order valence-corrected chi connectivity index (χ2v) is 6.78. The molecule has 142 valence electrons. The Hall–Kier alpha value is -2.93. The molecule has 2 heterocycles. The second kappa shape index (κ2) is 8.18. The first-order chi connectivity index (χ1) is 12.9. The van der Waals surface area contributed by atoms with Gasteiger partial charge in [0.1, 0.15) is 5.82 Å². The topological polar surface area (TPSA) is 83.6 Å². The van der Waals surface area contributed by atoms with Gasteiger partial charge >= 0.3 is 0 Å². The van der Waals surface area contributed by atoms with Crippen LogP contribution in [0.25, 0.3) is 0 Å². The number of anilines is 3. The average Bonchev–Trinajstić information content (AvgIpc) is 2.61. The van der Waals surface area contributed by atoms with Crippen molar-refractivity contribution in [3.8, 4) is 0 Å². The molecule has 1 saturated heterocycles. The van der Waals surface area contributed by atoms with Gasteiger partial charge in [-0.25, -0.2) is 4.98 Å². The third-order valence-electron chi connectivity index (χ3n) is 4.22. The zero-order valence-electron chi connectivity index (χ0n) is 15.7. The van der Waals surface area contributed by atoms with E-state index in [1.165, 1.54) is 6.92 Å². The van der Waals surface area contributed by atoms with Crippen LogP contribution < -0.4 is 15.5 Å². The van der Waals surface area contributed by atoms with E-state index in [2.05, 4.69) is 34.4 Å². The number of rotatable bonds is 4. The number of ether oxygens (including phenoxy) is 1. The van der Waals surface area contributed by atoms with Crippen LogP contribution in [-0.4, -0.2) is 42.1 Å². The van der Waals surface area contributed by atoms with Crippen molar-refractivity contribution < 1.29 is 14.3 Å².